The van der Waals surface area contributed by atoms with Gasteiger partial charge in [-0.3, -0.25) is 19.3 Å². The van der Waals surface area contributed by atoms with Crippen LogP contribution in [0.25, 0.3) is 22.5 Å². The molecule has 0 atom stereocenters. The normalized spacial score (nSPS) is 13.9. The molecule has 34 heavy (non-hydrogen) atoms. The van der Waals surface area contributed by atoms with Crippen molar-refractivity contribution in [2.45, 2.75) is 39.3 Å². The number of likely N-dealkylation sites (tertiary alicyclic amines) is 1. The second kappa shape index (κ2) is 8.58. The predicted molar refractivity (Wildman–Crippen MR) is 125 cm³/mol. The average molecular weight is 457 g/mol. The number of fused-ring (bicyclic) bond motifs is 1. The fraction of sp³-hybridized carbons (Fsp3) is 0.240. The van der Waals surface area contributed by atoms with Gasteiger partial charge < -0.3 is 9.73 Å². The Kier molecular flexibility index (Phi) is 5.45. The summed E-state index contributed by atoms with van der Waals surface area (Å²) in [6, 6.07) is 12.4. The van der Waals surface area contributed by atoms with Crippen molar-refractivity contribution in [3.8, 4) is 11.5 Å². The minimum atomic E-state index is -0.304. The van der Waals surface area contributed by atoms with Gasteiger partial charge in [0.15, 0.2) is 11.4 Å². The van der Waals surface area contributed by atoms with Crippen LogP contribution in [0.4, 0.5) is 5.69 Å². The number of pyridine rings is 1. The number of carbonyl (C=O) groups is 3. The molecule has 0 saturated carbocycles. The van der Waals surface area contributed by atoms with E-state index >= 15 is 0 Å². The SMILES string of the molecule is CC(C)n1ncc2c(C(=O)Nc3ccc(CN4C(=O)CCC4=O)cc3)cc(-c3ccco3)nc21. The topological polar surface area (TPSA) is 110 Å². The highest BCUT2D eigenvalue weighted by molar-refractivity contribution is 6.12. The van der Waals surface area contributed by atoms with Crippen molar-refractivity contribution in [3.05, 3.63) is 66.1 Å². The maximum Gasteiger partial charge on any atom is 0.256 e. The molecule has 4 aromatic rings. The number of nitrogens with one attached hydrogen (secondary N) is 1. The van der Waals surface area contributed by atoms with Gasteiger partial charge in [0.1, 0.15) is 5.69 Å². The molecular weight excluding hydrogens is 434 g/mol. The van der Waals surface area contributed by atoms with E-state index < -0.39 is 0 Å². The molecule has 0 bridgehead atoms. The summed E-state index contributed by atoms with van der Waals surface area (Å²) in [5.41, 5.74) is 2.98. The Balaban J connectivity index is 1.42. The number of amides is 3. The van der Waals surface area contributed by atoms with Crippen LogP contribution in [-0.4, -0.2) is 37.4 Å². The molecular formula is C25H23N5O4. The van der Waals surface area contributed by atoms with Crippen LogP contribution in [0, 0.1) is 0 Å². The van der Waals surface area contributed by atoms with Gasteiger partial charge in [0.25, 0.3) is 5.91 Å². The van der Waals surface area contributed by atoms with Crippen LogP contribution < -0.4 is 5.32 Å². The summed E-state index contributed by atoms with van der Waals surface area (Å²) >= 11 is 0. The molecule has 172 valence electrons. The zero-order valence-corrected chi connectivity index (χ0v) is 18.8. The summed E-state index contributed by atoms with van der Waals surface area (Å²) in [5.74, 6) is -0.0549. The zero-order chi connectivity index (χ0) is 23.8. The maximum absolute atomic E-state index is 13.3. The van der Waals surface area contributed by atoms with Crippen LogP contribution in [0.3, 0.4) is 0 Å². The smallest absolute Gasteiger partial charge is 0.256 e. The Morgan fingerprint density at radius 3 is 2.50 bits per heavy atom. The lowest BCUT2D eigenvalue weighted by molar-refractivity contribution is -0.139. The van der Waals surface area contributed by atoms with Crippen molar-refractivity contribution in [1.29, 1.82) is 0 Å². The Bertz CT molecular complexity index is 1370. The van der Waals surface area contributed by atoms with Gasteiger partial charge in [-0.2, -0.15) is 5.10 Å². The minimum Gasteiger partial charge on any atom is -0.463 e. The summed E-state index contributed by atoms with van der Waals surface area (Å²) in [7, 11) is 0. The average Bonchev–Trinajstić information content (AvgIpc) is 3.56. The van der Waals surface area contributed by atoms with E-state index in [1.165, 1.54) is 4.90 Å². The van der Waals surface area contributed by atoms with Crippen molar-refractivity contribution in [2.75, 3.05) is 5.32 Å². The molecule has 1 N–H and O–H groups in total. The van der Waals surface area contributed by atoms with E-state index in [0.29, 0.717) is 33.7 Å². The van der Waals surface area contributed by atoms with Crippen molar-refractivity contribution >= 4 is 34.4 Å². The van der Waals surface area contributed by atoms with Crippen LogP contribution in [0.1, 0.15) is 48.7 Å². The highest BCUT2D eigenvalue weighted by Gasteiger charge is 2.28. The van der Waals surface area contributed by atoms with Gasteiger partial charge in [0, 0.05) is 24.6 Å². The number of hydrogen-bond donors (Lipinski definition) is 1. The number of benzene rings is 1. The summed E-state index contributed by atoms with van der Waals surface area (Å²) < 4.78 is 7.28. The fourth-order valence-corrected chi connectivity index (χ4v) is 4.01. The highest BCUT2D eigenvalue weighted by Crippen LogP contribution is 2.27. The second-order valence-corrected chi connectivity index (χ2v) is 8.48. The van der Waals surface area contributed by atoms with Crippen molar-refractivity contribution < 1.29 is 18.8 Å². The molecule has 0 radical (unpaired) electrons. The number of rotatable bonds is 6. The number of furan rings is 1. The molecule has 1 aliphatic rings. The van der Waals surface area contributed by atoms with Crippen molar-refractivity contribution in [3.63, 3.8) is 0 Å². The van der Waals surface area contributed by atoms with Gasteiger partial charge in [-0.1, -0.05) is 12.1 Å². The first-order valence-electron chi connectivity index (χ1n) is 11.1. The third kappa shape index (κ3) is 3.96. The van der Waals surface area contributed by atoms with Crippen LogP contribution in [-0.2, 0) is 16.1 Å². The molecule has 1 fully saturated rings. The molecule has 0 unspecified atom stereocenters. The largest absolute Gasteiger partial charge is 0.463 e. The van der Waals surface area contributed by atoms with E-state index in [-0.39, 0.29) is 43.1 Å². The standard InChI is InChI=1S/C25H23N5O4/c1-15(2)30-24-19(13-26-30)18(12-20(28-24)21-4-3-11-34-21)25(33)27-17-7-5-16(6-8-17)14-29-22(31)9-10-23(29)32/h3-8,11-13,15H,9-10,14H2,1-2H3,(H,27,33). The predicted octanol–water partition coefficient (Wildman–Crippen LogP) is 4.17. The summed E-state index contributed by atoms with van der Waals surface area (Å²) in [5, 5.41) is 7.98. The number of anilines is 1. The van der Waals surface area contributed by atoms with E-state index in [2.05, 4.69) is 15.4 Å². The van der Waals surface area contributed by atoms with Gasteiger partial charge in [-0.25, -0.2) is 9.67 Å². The lowest BCUT2D eigenvalue weighted by atomic mass is 10.1. The maximum atomic E-state index is 13.3. The monoisotopic (exact) mass is 457 g/mol. The lowest BCUT2D eigenvalue weighted by Gasteiger charge is -2.14. The van der Waals surface area contributed by atoms with Crippen molar-refractivity contribution in [1.82, 2.24) is 19.7 Å². The van der Waals surface area contributed by atoms with Crippen LogP contribution in [0.2, 0.25) is 0 Å². The van der Waals surface area contributed by atoms with Gasteiger partial charge in [0.05, 0.1) is 30.0 Å². The Morgan fingerprint density at radius 1 is 1.12 bits per heavy atom. The molecule has 9 nitrogen and oxygen atoms in total. The Labute approximate surface area is 195 Å². The van der Waals surface area contributed by atoms with Crippen LogP contribution in [0.5, 0.6) is 0 Å². The number of nitrogens with zero attached hydrogens (tertiary/aromatic N) is 4. The van der Waals surface area contributed by atoms with Gasteiger partial charge in [0.2, 0.25) is 11.8 Å². The number of carbonyl (C=O) groups excluding carboxylic acids is 3. The summed E-state index contributed by atoms with van der Waals surface area (Å²) in [4.78, 5) is 42.9. The summed E-state index contributed by atoms with van der Waals surface area (Å²) in [6.45, 7) is 4.23. The first-order chi connectivity index (χ1) is 16.4. The highest BCUT2D eigenvalue weighted by atomic mass is 16.3. The van der Waals surface area contributed by atoms with Crippen LogP contribution >= 0.6 is 0 Å². The molecule has 1 saturated heterocycles. The molecule has 0 spiro atoms. The van der Waals surface area contributed by atoms with Gasteiger partial charge >= 0.3 is 0 Å². The number of imide groups is 1. The molecule has 1 aliphatic heterocycles. The minimum absolute atomic E-state index is 0.0645. The molecule has 1 aromatic carbocycles. The first kappa shape index (κ1) is 21.6. The number of hydrogen-bond acceptors (Lipinski definition) is 6. The Hall–Kier alpha value is -4.27. The third-order valence-electron chi connectivity index (χ3n) is 5.78. The van der Waals surface area contributed by atoms with E-state index in [1.807, 2.05) is 13.8 Å². The molecule has 0 aliphatic carbocycles. The quantitative estimate of drug-likeness (QED) is 0.435. The third-order valence-corrected chi connectivity index (χ3v) is 5.78. The van der Waals surface area contributed by atoms with Crippen LogP contribution in [0.15, 0.2) is 59.3 Å². The van der Waals surface area contributed by atoms with E-state index in [4.69, 9.17) is 4.42 Å². The van der Waals surface area contributed by atoms with Crippen molar-refractivity contribution in [2.24, 2.45) is 0 Å². The van der Waals surface area contributed by atoms with E-state index in [1.54, 1.807) is 59.6 Å². The van der Waals surface area contributed by atoms with E-state index in [0.717, 1.165) is 5.56 Å². The zero-order valence-electron chi connectivity index (χ0n) is 18.8. The second-order valence-electron chi connectivity index (χ2n) is 8.48. The summed E-state index contributed by atoms with van der Waals surface area (Å²) in [6.07, 6.45) is 3.74. The lowest BCUT2D eigenvalue weighted by Crippen LogP contribution is -2.28. The molecule has 3 amide bonds. The molecule has 5 rings (SSSR count). The Morgan fingerprint density at radius 2 is 1.85 bits per heavy atom. The molecule has 9 heteroatoms. The van der Waals surface area contributed by atoms with Gasteiger partial charge in [-0.05, 0) is 49.7 Å². The van der Waals surface area contributed by atoms with Gasteiger partial charge in [-0.15, -0.1) is 0 Å². The fourth-order valence-electron chi connectivity index (χ4n) is 4.01. The molecule has 3 aromatic heterocycles. The first-order valence-corrected chi connectivity index (χ1v) is 11.1. The number of aromatic nitrogens is 3. The van der Waals surface area contributed by atoms with E-state index in [9.17, 15) is 14.4 Å². The molecule has 4 heterocycles.